The van der Waals surface area contributed by atoms with Crippen LogP contribution in [0.2, 0.25) is 0 Å². The largest absolute Gasteiger partial charge is 0.341 e. The fourth-order valence-electron chi connectivity index (χ4n) is 4.27. The Hall–Kier alpha value is -3.59. The van der Waals surface area contributed by atoms with Gasteiger partial charge in [0.2, 0.25) is 11.9 Å². The molecule has 0 aliphatic carbocycles. The number of amides is 1. The highest BCUT2D eigenvalue weighted by Gasteiger charge is 2.29. The third-order valence-electron chi connectivity index (χ3n) is 5.97. The summed E-state index contributed by atoms with van der Waals surface area (Å²) in [4.78, 5) is 33.0. The Kier molecular flexibility index (Phi) is 6.10. The smallest absolute Gasteiger partial charge is 0.273 e. The number of rotatable bonds is 5. The summed E-state index contributed by atoms with van der Waals surface area (Å²) in [7, 11) is 0. The summed E-state index contributed by atoms with van der Waals surface area (Å²) >= 11 is 1.34. The van der Waals surface area contributed by atoms with Gasteiger partial charge in [-0.3, -0.25) is 14.2 Å². The van der Waals surface area contributed by atoms with E-state index < -0.39 is 5.82 Å². The zero-order valence-corrected chi connectivity index (χ0v) is 19.0. The molecule has 0 radical (unpaired) electrons. The number of halogens is 2. The highest BCUT2D eigenvalue weighted by Crippen LogP contribution is 2.26. The summed E-state index contributed by atoms with van der Waals surface area (Å²) in [6, 6.07) is 13.6. The molecule has 1 aliphatic rings. The molecule has 1 atom stereocenters. The zero-order valence-electron chi connectivity index (χ0n) is 18.2. The van der Waals surface area contributed by atoms with Crippen LogP contribution in [0.4, 0.5) is 20.4 Å². The van der Waals surface area contributed by atoms with Crippen molar-refractivity contribution in [1.29, 1.82) is 0 Å². The maximum atomic E-state index is 13.5. The second kappa shape index (κ2) is 9.34. The third-order valence-corrected chi connectivity index (χ3v) is 6.86. The van der Waals surface area contributed by atoms with Gasteiger partial charge in [-0.2, -0.15) is 0 Å². The lowest BCUT2D eigenvalue weighted by Crippen LogP contribution is -2.43. The van der Waals surface area contributed by atoms with Crippen LogP contribution in [0.5, 0.6) is 0 Å². The first-order chi connectivity index (χ1) is 16.5. The minimum absolute atomic E-state index is 0.161. The van der Waals surface area contributed by atoms with Crippen LogP contribution < -0.4 is 15.8 Å². The molecular weight excluding hydrogens is 458 g/mol. The number of hydrogen-bond donors (Lipinski definition) is 1. The van der Waals surface area contributed by atoms with Crippen molar-refractivity contribution >= 4 is 39.1 Å². The first-order valence-electron chi connectivity index (χ1n) is 11.0. The van der Waals surface area contributed by atoms with E-state index in [1.807, 2.05) is 16.3 Å². The number of benzene rings is 2. The number of anilines is 2. The van der Waals surface area contributed by atoms with Crippen molar-refractivity contribution in [2.24, 2.45) is 5.92 Å². The second-order valence-corrected chi connectivity index (χ2v) is 9.27. The number of fused-ring (bicyclic) bond motifs is 1. The van der Waals surface area contributed by atoms with E-state index >= 15 is 0 Å². The van der Waals surface area contributed by atoms with Crippen LogP contribution in [0.1, 0.15) is 18.4 Å². The fourth-order valence-corrected chi connectivity index (χ4v) is 5.05. The van der Waals surface area contributed by atoms with Crippen molar-refractivity contribution in [2.45, 2.75) is 19.4 Å². The van der Waals surface area contributed by atoms with Crippen LogP contribution in [-0.2, 0) is 11.3 Å². The van der Waals surface area contributed by atoms with Gasteiger partial charge in [-0.25, -0.2) is 13.8 Å². The molecule has 1 saturated heterocycles. The minimum Gasteiger partial charge on any atom is -0.341 e. The first-order valence-corrected chi connectivity index (χ1v) is 11.9. The molecule has 9 heteroatoms. The van der Waals surface area contributed by atoms with E-state index in [9.17, 15) is 18.4 Å². The van der Waals surface area contributed by atoms with Gasteiger partial charge in [0.25, 0.3) is 5.56 Å². The molecule has 0 spiro atoms. The van der Waals surface area contributed by atoms with Crippen LogP contribution in [0.3, 0.4) is 0 Å². The van der Waals surface area contributed by atoms with Gasteiger partial charge in [0, 0.05) is 18.8 Å². The topological polar surface area (TPSA) is 67.2 Å². The summed E-state index contributed by atoms with van der Waals surface area (Å²) in [6.45, 7) is 1.27. The van der Waals surface area contributed by atoms with E-state index in [0.29, 0.717) is 41.4 Å². The molecular formula is C25H22F2N4O2S. The number of aromatic nitrogens is 2. The molecule has 0 bridgehead atoms. The molecule has 0 saturated carbocycles. The molecule has 4 aromatic rings. The Morgan fingerprint density at radius 3 is 2.74 bits per heavy atom. The maximum absolute atomic E-state index is 13.5. The van der Waals surface area contributed by atoms with Crippen molar-refractivity contribution in [3.8, 4) is 0 Å². The Morgan fingerprint density at radius 2 is 1.94 bits per heavy atom. The standard InChI is InChI=1S/C25H22F2N4O2S/c26-18-8-6-16(7-9-18)14-31-24(33)22-21(10-12-34-22)29-25(31)30-11-2-3-17(15-30)23(32)28-20-5-1-4-19(27)13-20/h1,4-10,12-13,17H,2-3,11,14-15H2,(H,28,32)/t17-/m0/s1. The van der Waals surface area contributed by atoms with E-state index in [4.69, 9.17) is 4.98 Å². The highest BCUT2D eigenvalue weighted by molar-refractivity contribution is 7.17. The predicted octanol–water partition coefficient (Wildman–Crippen LogP) is 4.64. The van der Waals surface area contributed by atoms with Crippen LogP contribution in [0.15, 0.2) is 64.8 Å². The third kappa shape index (κ3) is 4.56. The molecule has 2 aromatic heterocycles. The van der Waals surface area contributed by atoms with Gasteiger partial charge < -0.3 is 10.2 Å². The first kappa shape index (κ1) is 22.2. The Labute approximate surface area is 198 Å². The van der Waals surface area contributed by atoms with Crippen molar-refractivity contribution in [3.63, 3.8) is 0 Å². The maximum Gasteiger partial charge on any atom is 0.273 e. The number of hydrogen-bond acceptors (Lipinski definition) is 5. The predicted molar refractivity (Wildman–Crippen MR) is 129 cm³/mol. The van der Waals surface area contributed by atoms with Crippen LogP contribution >= 0.6 is 11.3 Å². The number of piperidine rings is 1. The molecule has 1 fully saturated rings. The molecule has 174 valence electrons. The van der Waals surface area contributed by atoms with Crippen LogP contribution in [-0.4, -0.2) is 28.5 Å². The van der Waals surface area contributed by atoms with E-state index in [-0.39, 0.29) is 29.7 Å². The van der Waals surface area contributed by atoms with Gasteiger partial charge in [-0.15, -0.1) is 11.3 Å². The average molecular weight is 481 g/mol. The average Bonchev–Trinajstić information content (AvgIpc) is 3.31. The quantitative estimate of drug-likeness (QED) is 0.452. The zero-order chi connectivity index (χ0) is 23.7. The van der Waals surface area contributed by atoms with Gasteiger partial charge in [-0.1, -0.05) is 18.2 Å². The number of nitrogens with one attached hydrogen (secondary N) is 1. The number of nitrogens with zero attached hydrogens (tertiary/aromatic N) is 3. The van der Waals surface area contributed by atoms with Crippen LogP contribution in [0, 0.1) is 17.6 Å². The number of carbonyl (C=O) groups excluding carboxylic acids is 1. The van der Waals surface area contributed by atoms with E-state index in [1.54, 1.807) is 28.8 Å². The lowest BCUT2D eigenvalue weighted by atomic mass is 9.97. The SMILES string of the molecule is O=C(Nc1cccc(F)c1)[C@H]1CCCN(c2nc3ccsc3c(=O)n2Cc2ccc(F)cc2)C1. The highest BCUT2D eigenvalue weighted by atomic mass is 32.1. The summed E-state index contributed by atoms with van der Waals surface area (Å²) in [5.74, 6) is -0.804. The molecule has 1 aliphatic heterocycles. The van der Waals surface area contributed by atoms with E-state index in [1.165, 1.54) is 35.6 Å². The molecule has 0 unspecified atom stereocenters. The fraction of sp³-hybridized carbons (Fsp3) is 0.240. The Balaban J connectivity index is 1.44. The summed E-state index contributed by atoms with van der Waals surface area (Å²) < 4.78 is 29.1. The summed E-state index contributed by atoms with van der Waals surface area (Å²) in [5.41, 5.74) is 1.64. The van der Waals surface area contributed by atoms with Gasteiger partial charge in [-0.05, 0) is 60.2 Å². The Morgan fingerprint density at radius 1 is 1.12 bits per heavy atom. The molecule has 5 rings (SSSR count). The number of thiophene rings is 1. The lowest BCUT2D eigenvalue weighted by molar-refractivity contribution is -0.120. The van der Waals surface area contributed by atoms with Crippen molar-refractivity contribution in [1.82, 2.24) is 9.55 Å². The number of carbonyl (C=O) groups is 1. The molecule has 3 heterocycles. The molecule has 1 amide bonds. The second-order valence-electron chi connectivity index (χ2n) is 8.35. The van der Waals surface area contributed by atoms with E-state index in [2.05, 4.69) is 5.32 Å². The van der Waals surface area contributed by atoms with Gasteiger partial charge in [0.1, 0.15) is 16.3 Å². The molecule has 34 heavy (non-hydrogen) atoms. The van der Waals surface area contributed by atoms with Gasteiger partial charge in [0.15, 0.2) is 0 Å². The lowest BCUT2D eigenvalue weighted by Gasteiger charge is -2.34. The van der Waals surface area contributed by atoms with Gasteiger partial charge >= 0.3 is 0 Å². The molecule has 2 aromatic carbocycles. The summed E-state index contributed by atoms with van der Waals surface area (Å²) in [5, 5.41) is 4.62. The van der Waals surface area contributed by atoms with Crippen LogP contribution in [0.25, 0.3) is 10.2 Å². The monoisotopic (exact) mass is 480 g/mol. The van der Waals surface area contributed by atoms with Crippen molar-refractivity contribution in [2.75, 3.05) is 23.3 Å². The molecule has 6 nitrogen and oxygen atoms in total. The Bertz CT molecular complexity index is 1400. The van der Waals surface area contributed by atoms with Gasteiger partial charge in [0.05, 0.1) is 18.0 Å². The van der Waals surface area contributed by atoms with E-state index in [0.717, 1.165) is 12.0 Å². The molecule has 1 N–H and O–H groups in total. The summed E-state index contributed by atoms with van der Waals surface area (Å²) in [6.07, 6.45) is 1.43. The normalized spacial score (nSPS) is 16.1. The minimum atomic E-state index is -0.416. The van der Waals surface area contributed by atoms with Crippen molar-refractivity contribution < 1.29 is 13.6 Å². The van der Waals surface area contributed by atoms with Crippen molar-refractivity contribution in [3.05, 3.63) is 87.5 Å².